The lowest BCUT2D eigenvalue weighted by Crippen LogP contribution is -2.46. The van der Waals surface area contributed by atoms with E-state index in [1.165, 1.54) is 44.2 Å². The lowest BCUT2D eigenvalue weighted by Gasteiger charge is -2.39. The van der Waals surface area contributed by atoms with Gasteiger partial charge in [-0.15, -0.1) is 0 Å². The first-order chi connectivity index (χ1) is 15.4. The van der Waals surface area contributed by atoms with Crippen molar-refractivity contribution < 1.29 is 23.0 Å². The minimum absolute atomic E-state index is 0.0121. The van der Waals surface area contributed by atoms with Crippen LogP contribution in [0.15, 0.2) is 18.2 Å². The highest BCUT2D eigenvalue weighted by atomic mass is 19.2. The summed E-state index contributed by atoms with van der Waals surface area (Å²) in [6.07, 6.45) is 14.5. The molecule has 1 atom stereocenters. The SMILES string of the molecule is CCCCCCCCC(CCCCCCc1ccc(F)c(F)c1)C(OC)(OC)OC(C)C. The molecule has 186 valence electrons. The summed E-state index contributed by atoms with van der Waals surface area (Å²) in [7, 11) is 3.34. The summed E-state index contributed by atoms with van der Waals surface area (Å²) in [6.45, 7) is 6.25. The predicted octanol–water partition coefficient (Wildman–Crippen LogP) is 8.20. The summed E-state index contributed by atoms with van der Waals surface area (Å²) in [5.74, 6) is -2.37. The smallest absolute Gasteiger partial charge is 0.285 e. The molecule has 0 bridgehead atoms. The minimum Gasteiger partial charge on any atom is -0.331 e. The summed E-state index contributed by atoms with van der Waals surface area (Å²) < 4.78 is 44.1. The van der Waals surface area contributed by atoms with Crippen molar-refractivity contribution >= 4 is 0 Å². The number of aryl methyl sites for hydroxylation is 1. The Bertz CT molecular complexity index is 603. The average Bonchev–Trinajstić information content (AvgIpc) is 2.77. The Balaban J connectivity index is 2.51. The molecule has 1 aromatic carbocycles. The third kappa shape index (κ3) is 10.7. The van der Waals surface area contributed by atoms with Crippen LogP contribution in [0.1, 0.15) is 103 Å². The zero-order valence-electron chi connectivity index (χ0n) is 21.1. The molecule has 1 rings (SSSR count). The van der Waals surface area contributed by atoms with E-state index in [4.69, 9.17) is 14.2 Å². The van der Waals surface area contributed by atoms with Crippen molar-refractivity contribution in [3.8, 4) is 0 Å². The van der Waals surface area contributed by atoms with Crippen molar-refractivity contribution in [1.29, 1.82) is 0 Å². The molecule has 0 aliphatic heterocycles. The number of halogens is 2. The molecule has 0 amide bonds. The third-order valence-corrected chi connectivity index (χ3v) is 6.13. The van der Waals surface area contributed by atoms with Crippen molar-refractivity contribution in [3.63, 3.8) is 0 Å². The van der Waals surface area contributed by atoms with E-state index in [1.54, 1.807) is 20.3 Å². The fourth-order valence-electron chi connectivity index (χ4n) is 4.38. The Labute approximate surface area is 195 Å². The van der Waals surface area contributed by atoms with E-state index in [9.17, 15) is 8.78 Å². The number of hydrogen-bond acceptors (Lipinski definition) is 3. The second kappa shape index (κ2) is 16.6. The van der Waals surface area contributed by atoms with Crippen LogP contribution in [0.4, 0.5) is 8.78 Å². The van der Waals surface area contributed by atoms with Gasteiger partial charge in [-0.1, -0.05) is 70.8 Å². The third-order valence-electron chi connectivity index (χ3n) is 6.13. The molecule has 0 radical (unpaired) electrons. The number of methoxy groups -OCH3 is 2. The highest BCUT2D eigenvalue weighted by molar-refractivity contribution is 5.17. The lowest BCUT2D eigenvalue weighted by molar-refractivity contribution is -0.399. The van der Waals surface area contributed by atoms with E-state index in [2.05, 4.69) is 6.92 Å². The molecule has 5 heteroatoms. The fourth-order valence-corrected chi connectivity index (χ4v) is 4.38. The van der Waals surface area contributed by atoms with Crippen LogP contribution in [0.5, 0.6) is 0 Å². The molecule has 1 aromatic rings. The molecule has 0 spiro atoms. The summed E-state index contributed by atoms with van der Waals surface area (Å²) >= 11 is 0. The second-order valence-corrected chi connectivity index (χ2v) is 9.13. The van der Waals surface area contributed by atoms with E-state index in [-0.39, 0.29) is 12.0 Å². The molecule has 0 fully saturated rings. The molecule has 0 heterocycles. The van der Waals surface area contributed by atoms with Crippen LogP contribution in [0.3, 0.4) is 0 Å². The average molecular weight is 457 g/mol. The van der Waals surface area contributed by atoms with Crippen LogP contribution in [0, 0.1) is 17.6 Å². The number of hydrogen-bond donors (Lipinski definition) is 0. The summed E-state index contributed by atoms with van der Waals surface area (Å²) in [4.78, 5) is 0. The van der Waals surface area contributed by atoms with Gasteiger partial charge in [-0.05, 0) is 57.2 Å². The van der Waals surface area contributed by atoms with Gasteiger partial charge in [0.1, 0.15) is 0 Å². The van der Waals surface area contributed by atoms with Crippen LogP contribution >= 0.6 is 0 Å². The number of benzene rings is 1. The van der Waals surface area contributed by atoms with Crippen molar-refractivity contribution in [2.45, 2.75) is 116 Å². The van der Waals surface area contributed by atoms with Crippen molar-refractivity contribution in [2.24, 2.45) is 5.92 Å². The highest BCUT2D eigenvalue weighted by Crippen LogP contribution is 2.34. The molecule has 0 N–H and O–H groups in total. The van der Waals surface area contributed by atoms with Gasteiger partial charge >= 0.3 is 0 Å². The Morgan fingerprint density at radius 2 is 1.34 bits per heavy atom. The number of ether oxygens (including phenoxy) is 3. The Morgan fingerprint density at radius 1 is 0.781 bits per heavy atom. The van der Waals surface area contributed by atoms with Crippen LogP contribution in [0.2, 0.25) is 0 Å². The number of unbranched alkanes of at least 4 members (excludes halogenated alkanes) is 8. The van der Waals surface area contributed by atoms with E-state index in [1.807, 2.05) is 13.8 Å². The lowest BCUT2D eigenvalue weighted by atomic mass is 9.91. The van der Waals surface area contributed by atoms with Gasteiger partial charge in [0.2, 0.25) is 0 Å². The molecule has 0 aliphatic carbocycles. The first-order valence-electron chi connectivity index (χ1n) is 12.6. The maximum atomic E-state index is 13.3. The van der Waals surface area contributed by atoms with Crippen LogP contribution in [0.25, 0.3) is 0 Å². The van der Waals surface area contributed by atoms with Gasteiger partial charge in [0.25, 0.3) is 5.97 Å². The molecular formula is C27H46F2O3. The zero-order valence-corrected chi connectivity index (χ0v) is 21.1. The van der Waals surface area contributed by atoms with Crippen molar-refractivity contribution in [2.75, 3.05) is 14.2 Å². The normalized spacial score (nSPS) is 13.1. The maximum Gasteiger partial charge on any atom is 0.285 e. The summed E-state index contributed by atoms with van der Waals surface area (Å²) in [5, 5.41) is 0. The number of rotatable bonds is 19. The molecule has 0 saturated heterocycles. The van der Waals surface area contributed by atoms with Crippen LogP contribution in [-0.2, 0) is 20.6 Å². The molecule has 3 nitrogen and oxygen atoms in total. The van der Waals surface area contributed by atoms with E-state index in [0.717, 1.165) is 56.9 Å². The summed E-state index contributed by atoms with van der Waals surface area (Å²) in [6, 6.07) is 4.19. The van der Waals surface area contributed by atoms with Gasteiger partial charge < -0.3 is 14.2 Å². The molecule has 0 aliphatic rings. The second-order valence-electron chi connectivity index (χ2n) is 9.13. The van der Waals surface area contributed by atoms with Crippen LogP contribution < -0.4 is 0 Å². The van der Waals surface area contributed by atoms with Crippen molar-refractivity contribution in [3.05, 3.63) is 35.4 Å². The van der Waals surface area contributed by atoms with Gasteiger partial charge in [0.15, 0.2) is 11.6 Å². The molecule has 0 aromatic heterocycles. The first kappa shape index (κ1) is 29.0. The molecule has 32 heavy (non-hydrogen) atoms. The topological polar surface area (TPSA) is 27.7 Å². The van der Waals surface area contributed by atoms with E-state index < -0.39 is 17.6 Å². The molecule has 1 unspecified atom stereocenters. The monoisotopic (exact) mass is 456 g/mol. The fraction of sp³-hybridized carbons (Fsp3) is 0.778. The van der Waals surface area contributed by atoms with E-state index in [0.29, 0.717) is 0 Å². The van der Waals surface area contributed by atoms with E-state index >= 15 is 0 Å². The Kier molecular flexibility index (Phi) is 15.0. The van der Waals surface area contributed by atoms with Gasteiger partial charge in [0, 0.05) is 20.1 Å². The Hall–Kier alpha value is -1.04. The predicted molar refractivity (Wildman–Crippen MR) is 128 cm³/mol. The highest BCUT2D eigenvalue weighted by Gasteiger charge is 2.41. The molecule has 0 saturated carbocycles. The first-order valence-corrected chi connectivity index (χ1v) is 12.6. The maximum absolute atomic E-state index is 13.3. The van der Waals surface area contributed by atoms with Gasteiger partial charge in [-0.25, -0.2) is 8.78 Å². The molecular weight excluding hydrogens is 410 g/mol. The zero-order chi connectivity index (χ0) is 23.8. The van der Waals surface area contributed by atoms with Gasteiger partial charge in [0.05, 0.1) is 6.10 Å². The quantitative estimate of drug-likeness (QED) is 0.155. The minimum atomic E-state index is -0.997. The summed E-state index contributed by atoms with van der Waals surface area (Å²) in [5.41, 5.74) is 0.855. The van der Waals surface area contributed by atoms with Gasteiger partial charge in [-0.3, -0.25) is 0 Å². The van der Waals surface area contributed by atoms with Crippen molar-refractivity contribution in [1.82, 2.24) is 0 Å². The standard InChI is InChI=1S/C27H46F2O3/c1-6-7-8-9-10-14-17-24(27(30-4,31-5)32-22(2)3)18-15-12-11-13-16-23-19-20-25(28)26(29)21-23/h19-22,24H,6-18H2,1-5H3. The largest absolute Gasteiger partial charge is 0.331 e. The van der Waals surface area contributed by atoms with Crippen LogP contribution in [-0.4, -0.2) is 26.3 Å². The Morgan fingerprint density at radius 3 is 1.88 bits per heavy atom. The van der Waals surface area contributed by atoms with Gasteiger partial charge in [-0.2, -0.15) is 0 Å².